The van der Waals surface area contributed by atoms with Gasteiger partial charge in [0.2, 0.25) is 5.91 Å². The molecule has 0 spiro atoms. The highest BCUT2D eigenvalue weighted by Gasteiger charge is 2.25. The van der Waals surface area contributed by atoms with E-state index in [0.717, 1.165) is 42.5 Å². The Morgan fingerprint density at radius 2 is 1.77 bits per heavy atom. The van der Waals surface area contributed by atoms with Crippen LogP contribution >= 0.6 is 11.3 Å². The van der Waals surface area contributed by atoms with Crippen LogP contribution in [0.2, 0.25) is 0 Å². The number of nitrogens with one attached hydrogen (secondary N) is 2. The van der Waals surface area contributed by atoms with Gasteiger partial charge in [0.25, 0.3) is 5.91 Å². The molecule has 1 aliphatic rings. The summed E-state index contributed by atoms with van der Waals surface area (Å²) in [6, 6.07) is 7.08. The average Bonchev–Trinajstić information content (AvgIpc) is 2.88. The average molecular weight is 431 g/mol. The minimum atomic E-state index is -0.926. The molecule has 0 saturated heterocycles. The fourth-order valence-electron chi connectivity index (χ4n) is 3.53. The molecular weight excluding hydrogens is 404 g/mol. The molecule has 0 bridgehead atoms. The van der Waals surface area contributed by atoms with Crippen molar-refractivity contribution in [1.29, 1.82) is 0 Å². The van der Waals surface area contributed by atoms with E-state index in [1.807, 2.05) is 0 Å². The van der Waals surface area contributed by atoms with Crippen LogP contribution in [0.3, 0.4) is 0 Å². The Kier molecular flexibility index (Phi) is 7.46. The fourth-order valence-corrected chi connectivity index (χ4v) is 4.83. The van der Waals surface area contributed by atoms with Crippen LogP contribution < -0.4 is 15.4 Å². The molecule has 1 aromatic heterocycles. The fraction of sp³-hybridized carbons (Fsp3) is 0.409. The van der Waals surface area contributed by atoms with Crippen molar-refractivity contribution in [3.63, 3.8) is 0 Å². The van der Waals surface area contributed by atoms with Crippen LogP contribution in [0.15, 0.2) is 24.3 Å². The number of benzene rings is 1. The summed E-state index contributed by atoms with van der Waals surface area (Å²) < 4.78 is 5.15. The monoisotopic (exact) mass is 430 g/mol. The molecule has 2 amide bonds. The van der Waals surface area contributed by atoms with E-state index >= 15 is 0 Å². The molecule has 0 aliphatic heterocycles. The van der Waals surface area contributed by atoms with E-state index in [0.29, 0.717) is 22.0 Å². The summed E-state index contributed by atoms with van der Waals surface area (Å²) in [6.45, 7) is 0. The molecule has 1 aromatic carbocycles. The van der Waals surface area contributed by atoms with Crippen LogP contribution in [0.5, 0.6) is 5.75 Å². The number of aryl methyl sites for hydroxylation is 1. The number of methoxy groups -OCH3 is 1. The van der Waals surface area contributed by atoms with Crippen molar-refractivity contribution in [3.8, 4) is 5.75 Å². The van der Waals surface area contributed by atoms with E-state index < -0.39 is 5.97 Å². The number of carboxylic acid groups (broad SMARTS) is 1. The molecule has 1 heterocycles. The predicted molar refractivity (Wildman–Crippen MR) is 117 cm³/mol. The first-order chi connectivity index (χ1) is 14.5. The molecule has 0 atom stereocenters. The highest BCUT2D eigenvalue weighted by atomic mass is 32.1. The maximum atomic E-state index is 13.2. The number of hydrogen-bond donors (Lipinski definition) is 3. The first kappa shape index (κ1) is 21.8. The van der Waals surface area contributed by atoms with Gasteiger partial charge in [0, 0.05) is 23.4 Å². The molecule has 3 rings (SSSR count). The minimum absolute atomic E-state index is 0.0564. The number of aliphatic carboxylic acids is 1. The van der Waals surface area contributed by atoms with Crippen molar-refractivity contribution in [3.05, 3.63) is 40.3 Å². The van der Waals surface area contributed by atoms with Gasteiger partial charge in [-0.2, -0.15) is 0 Å². The van der Waals surface area contributed by atoms with Gasteiger partial charge in [-0.3, -0.25) is 14.4 Å². The number of carbonyl (C=O) groups excluding carboxylic acids is 2. The summed E-state index contributed by atoms with van der Waals surface area (Å²) >= 11 is 1.46. The molecule has 0 radical (unpaired) electrons. The van der Waals surface area contributed by atoms with Gasteiger partial charge in [-0.1, -0.05) is 6.42 Å². The topological polar surface area (TPSA) is 105 Å². The summed E-state index contributed by atoms with van der Waals surface area (Å²) in [4.78, 5) is 37.3. The quantitative estimate of drug-likeness (QED) is 0.536. The lowest BCUT2D eigenvalue weighted by molar-refractivity contribution is -0.137. The SMILES string of the molecule is COc1ccc(NC(=O)c2c(NC(=O)CCCC(=O)O)sc3c2CCCCC3)cc1. The lowest BCUT2D eigenvalue weighted by atomic mass is 10.0. The standard InChI is InChI=1S/C22H26N2O5S/c1-29-15-12-10-14(11-13-15)23-21(28)20-16-6-3-2-4-7-17(16)30-22(20)24-18(25)8-5-9-19(26)27/h10-13H,2-9H2,1H3,(H,23,28)(H,24,25)(H,26,27). The molecule has 0 unspecified atom stereocenters. The zero-order valence-electron chi connectivity index (χ0n) is 17.0. The Morgan fingerprint density at radius 1 is 1.03 bits per heavy atom. The van der Waals surface area contributed by atoms with Crippen LogP contribution in [-0.4, -0.2) is 30.0 Å². The number of fused-ring (bicyclic) bond motifs is 1. The van der Waals surface area contributed by atoms with Gasteiger partial charge in [0.05, 0.1) is 12.7 Å². The first-order valence-corrected chi connectivity index (χ1v) is 10.9. The van der Waals surface area contributed by atoms with Crippen LogP contribution in [0.4, 0.5) is 10.7 Å². The van der Waals surface area contributed by atoms with E-state index in [-0.39, 0.29) is 31.1 Å². The summed E-state index contributed by atoms with van der Waals surface area (Å²) in [5, 5.41) is 15.1. The zero-order valence-corrected chi connectivity index (χ0v) is 17.8. The zero-order chi connectivity index (χ0) is 21.5. The lowest BCUT2D eigenvalue weighted by Gasteiger charge is -2.10. The molecule has 30 heavy (non-hydrogen) atoms. The van der Waals surface area contributed by atoms with Crippen LogP contribution in [0.25, 0.3) is 0 Å². The van der Waals surface area contributed by atoms with Crippen molar-refractivity contribution in [2.75, 3.05) is 17.7 Å². The second kappa shape index (κ2) is 10.2. The van der Waals surface area contributed by atoms with Crippen molar-refractivity contribution >= 4 is 39.8 Å². The van der Waals surface area contributed by atoms with E-state index in [9.17, 15) is 14.4 Å². The molecule has 8 heteroatoms. The van der Waals surface area contributed by atoms with Gasteiger partial charge in [-0.15, -0.1) is 11.3 Å². The molecule has 160 valence electrons. The van der Waals surface area contributed by atoms with E-state index in [2.05, 4.69) is 10.6 Å². The summed E-state index contributed by atoms with van der Waals surface area (Å²) in [5.74, 6) is -0.747. The van der Waals surface area contributed by atoms with Crippen LogP contribution in [0.1, 0.15) is 59.3 Å². The van der Waals surface area contributed by atoms with Gasteiger partial charge < -0.3 is 20.5 Å². The Labute approximate surface area is 179 Å². The number of ether oxygens (including phenoxy) is 1. The summed E-state index contributed by atoms with van der Waals surface area (Å²) in [6.07, 6.45) is 5.23. The first-order valence-electron chi connectivity index (χ1n) is 10.1. The van der Waals surface area contributed by atoms with Crippen molar-refractivity contribution in [2.24, 2.45) is 0 Å². The highest BCUT2D eigenvalue weighted by Crippen LogP contribution is 2.38. The van der Waals surface area contributed by atoms with Crippen LogP contribution in [0, 0.1) is 0 Å². The van der Waals surface area contributed by atoms with E-state index in [1.54, 1.807) is 31.4 Å². The van der Waals surface area contributed by atoms with Gasteiger partial charge in [-0.25, -0.2) is 0 Å². The van der Waals surface area contributed by atoms with Crippen molar-refractivity contribution in [1.82, 2.24) is 0 Å². The lowest BCUT2D eigenvalue weighted by Crippen LogP contribution is -2.18. The number of amides is 2. The largest absolute Gasteiger partial charge is 0.497 e. The highest BCUT2D eigenvalue weighted by molar-refractivity contribution is 7.17. The third-order valence-corrected chi connectivity index (χ3v) is 6.25. The Balaban J connectivity index is 1.81. The Morgan fingerprint density at radius 3 is 2.47 bits per heavy atom. The van der Waals surface area contributed by atoms with Crippen molar-refractivity contribution in [2.45, 2.75) is 51.4 Å². The van der Waals surface area contributed by atoms with E-state index in [1.165, 1.54) is 11.3 Å². The summed E-state index contributed by atoms with van der Waals surface area (Å²) in [7, 11) is 1.58. The van der Waals surface area contributed by atoms with E-state index in [4.69, 9.17) is 9.84 Å². The minimum Gasteiger partial charge on any atom is -0.497 e. The van der Waals surface area contributed by atoms with Gasteiger partial charge >= 0.3 is 5.97 Å². The molecule has 1 aliphatic carbocycles. The number of carbonyl (C=O) groups is 3. The number of carboxylic acids is 1. The molecular formula is C22H26N2O5S. The summed E-state index contributed by atoms with van der Waals surface area (Å²) in [5.41, 5.74) is 2.19. The Hall–Kier alpha value is -2.87. The van der Waals surface area contributed by atoms with Crippen LogP contribution in [-0.2, 0) is 22.4 Å². The molecule has 0 saturated carbocycles. The second-order valence-electron chi connectivity index (χ2n) is 7.25. The Bertz CT molecular complexity index is 920. The third kappa shape index (κ3) is 5.60. The number of rotatable bonds is 8. The second-order valence-corrected chi connectivity index (χ2v) is 8.35. The smallest absolute Gasteiger partial charge is 0.303 e. The molecule has 0 fully saturated rings. The van der Waals surface area contributed by atoms with Gasteiger partial charge in [-0.05, 0) is 61.9 Å². The third-order valence-electron chi connectivity index (χ3n) is 5.04. The normalized spacial score (nSPS) is 13.1. The van der Waals surface area contributed by atoms with Gasteiger partial charge in [0.1, 0.15) is 10.8 Å². The molecule has 2 aromatic rings. The molecule has 3 N–H and O–H groups in total. The molecule has 7 nitrogen and oxygen atoms in total. The predicted octanol–water partition coefficient (Wildman–Crippen LogP) is 4.47. The number of hydrogen-bond acceptors (Lipinski definition) is 5. The van der Waals surface area contributed by atoms with Crippen molar-refractivity contribution < 1.29 is 24.2 Å². The maximum Gasteiger partial charge on any atom is 0.303 e. The van der Waals surface area contributed by atoms with Gasteiger partial charge in [0.15, 0.2) is 0 Å². The number of thiophene rings is 1. The number of anilines is 2. The maximum absolute atomic E-state index is 13.2.